The van der Waals surface area contributed by atoms with Crippen LogP contribution in [0.3, 0.4) is 0 Å². The Labute approximate surface area is 210 Å². The van der Waals surface area contributed by atoms with E-state index in [2.05, 4.69) is 0 Å². The van der Waals surface area contributed by atoms with Gasteiger partial charge in [-0.1, -0.05) is 24.3 Å². The van der Waals surface area contributed by atoms with E-state index in [1.165, 1.54) is 24.3 Å². The monoisotopic (exact) mass is 508 g/mol. The van der Waals surface area contributed by atoms with Crippen LogP contribution in [0.5, 0.6) is 17.2 Å². The number of aryl methyl sites for hydroxylation is 1. The highest BCUT2D eigenvalue weighted by Gasteiger charge is 2.51. The van der Waals surface area contributed by atoms with E-state index in [0.29, 0.717) is 5.56 Å². The van der Waals surface area contributed by atoms with Crippen molar-refractivity contribution in [2.45, 2.75) is 43.5 Å². The number of carbonyl (C=O) groups is 2. The summed E-state index contributed by atoms with van der Waals surface area (Å²) in [4.78, 5) is 25.9. The number of phenols is 3. The van der Waals surface area contributed by atoms with Crippen LogP contribution in [-0.4, -0.2) is 73.1 Å². The molecular weight excluding hydrogens is 484 g/mol. The van der Waals surface area contributed by atoms with Gasteiger partial charge in [-0.25, -0.2) is 4.79 Å². The fraction of sp³-hybridized carbons (Fsp3) is 0.259. The number of fused-ring (bicyclic) bond motifs is 2. The summed E-state index contributed by atoms with van der Waals surface area (Å²) in [7, 11) is 0. The molecule has 1 aliphatic heterocycles. The molecule has 1 saturated heterocycles. The van der Waals surface area contributed by atoms with Crippen molar-refractivity contribution in [3.05, 3.63) is 88.0 Å². The van der Waals surface area contributed by atoms with Gasteiger partial charge < -0.3 is 40.1 Å². The van der Waals surface area contributed by atoms with Gasteiger partial charge in [0.2, 0.25) is 12.1 Å². The predicted molar refractivity (Wildman–Crippen MR) is 126 cm³/mol. The average molecular weight is 508 g/mol. The zero-order chi connectivity index (χ0) is 26.6. The molecule has 0 saturated carbocycles. The third-order valence-electron chi connectivity index (χ3n) is 6.72. The summed E-state index contributed by atoms with van der Waals surface area (Å²) in [5.41, 5.74) is 0.577. The summed E-state index contributed by atoms with van der Waals surface area (Å²) < 4.78 is 11.2. The van der Waals surface area contributed by atoms with Gasteiger partial charge in [-0.3, -0.25) is 4.79 Å². The second-order valence-corrected chi connectivity index (χ2v) is 9.20. The summed E-state index contributed by atoms with van der Waals surface area (Å²) in [5.74, 6) is -4.02. The van der Waals surface area contributed by atoms with Gasteiger partial charge in [0.25, 0.3) is 0 Å². The number of carbonyl (C=O) groups excluding carboxylic acids is 2. The highest BCUT2D eigenvalue weighted by atomic mass is 16.7. The number of aliphatic hydroxyl groups is 3. The molecule has 2 aliphatic rings. The summed E-state index contributed by atoms with van der Waals surface area (Å²) in [5, 5.41) is 63.6. The lowest BCUT2D eigenvalue weighted by atomic mass is 9.71. The number of ether oxygens (including phenoxy) is 2. The van der Waals surface area contributed by atoms with Crippen molar-refractivity contribution in [1.82, 2.24) is 0 Å². The van der Waals surface area contributed by atoms with Crippen LogP contribution < -0.4 is 0 Å². The minimum Gasteiger partial charge on any atom is -0.508 e. The molecule has 3 aromatic carbocycles. The lowest BCUT2D eigenvalue weighted by molar-refractivity contribution is -0.282. The van der Waals surface area contributed by atoms with E-state index in [-0.39, 0.29) is 39.3 Å². The number of rotatable bonds is 3. The molecule has 0 bridgehead atoms. The molecule has 1 fully saturated rings. The number of esters is 1. The number of ketones is 1. The van der Waals surface area contributed by atoms with E-state index >= 15 is 0 Å². The number of aliphatic hydroxyl groups excluding tert-OH is 3. The standard InChI is InChI=1S/C27H24O10/c1-11-7-14-18(15-9-13(28)10-17(30)20(15)21(31)19(14)16(29)8-11)25-23(33)22(32)24(34)27(36-25)37-26(35)12-5-3-2-4-6-12/h2-10,18,22-25,27-30,32-34H,1H3/t18-,22+,23+,24+,25-,27-/m1/s1. The molecule has 0 spiro atoms. The molecule has 10 heteroatoms. The molecule has 3 aromatic rings. The zero-order valence-electron chi connectivity index (χ0n) is 19.5. The molecule has 192 valence electrons. The maximum absolute atomic E-state index is 13.3. The molecule has 6 N–H and O–H groups in total. The zero-order valence-corrected chi connectivity index (χ0v) is 19.5. The molecular formula is C27H24O10. The first-order valence-corrected chi connectivity index (χ1v) is 11.5. The summed E-state index contributed by atoms with van der Waals surface area (Å²) >= 11 is 0. The van der Waals surface area contributed by atoms with Gasteiger partial charge >= 0.3 is 5.97 Å². The van der Waals surface area contributed by atoms with Crippen molar-refractivity contribution in [2.75, 3.05) is 0 Å². The van der Waals surface area contributed by atoms with Crippen molar-refractivity contribution in [2.24, 2.45) is 0 Å². The Balaban J connectivity index is 1.62. The maximum atomic E-state index is 13.3. The van der Waals surface area contributed by atoms with Gasteiger partial charge in [-0.05, 0) is 47.9 Å². The van der Waals surface area contributed by atoms with Gasteiger partial charge in [0.15, 0.2) is 0 Å². The highest BCUT2D eigenvalue weighted by Crippen LogP contribution is 2.48. The predicted octanol–water partition coefficient (Wildman–Crippen LogP) is 1.45. The average Bonchev–Trinajstić information content (AvgIpc) is 2.84. The normalized spacial score (nSPS) is 26.8. The van der Waals surface area contributed by atoms with Crippen molar-refractivity contribution in [3.63, 3.8) is 0 Å². The first-order valence-electron chi connectivity index (χ1n) is 11.5. The minimum absolute atomic E-state index is 0.0563. The van der Waals surface area contributed by atoms with Gasteiger partial charge in [-0.2, -0.15) is 0 Å². The summed E-state index contributed by atoms with van der Waals surface area (Å²) in [6.45, 7) is 1.66. The number of phenolic OH excluding ortho intramolecular Hbond substituents is 3. The third kappa shape index (κ3) is 4.09. The Hall–Kier alpha value is -3.96. The second-order valence-electron chi connectivity index (χ2n) is 9.20. The van der Waals surface area contributed by atoms with Gasteiger partial charge in [0.1, 0.15) is 41.7 Å². The van der Waals surface area contributed by atoms with Crippen LogP contribution in [0.4, 0.5) is 0 Å². The molecule has 5 rings (SSSR count). The van der Waals surface area contributed by atoms with Crippen molar-refractivity contribution >= 4 is 11.8 Å². The fourth-order valence-corrected chi connectivity index (χ4v) is 5.05. The van der Waals surface area contributed by atoms with E-state index in [1.54, 1.807) is 31.2 Å². The first kappa shape index (κ1) is 24.7. The lowest BCUT2D eigenvalue weighted by Gasteiger charge is -2.44. The van der Waals surface area contributed by atoms with Crippen LogP contribution in [0.2, 0.25) is 0 Å². The molecule has 0 radical (unpaired) electrons. The molecule has 0 aromatic heterocycles. The first-order chi connectivity index (χ1) is 17.6. The number of benzene rings is 3. The van der Waals surface area contributed by atoms with Crippen LogP contribution in [-0.2, 0) is 9.47 Å². The Morgan fingerprint density at radius 3 is 2.14 bits per heavy atom. The molecule has 37 heavy (non-hydrogen) atoms. The molecule has 6 atom stereocenters. The van der Waals surface area contributed by atoms with Crippen LogP contribution in [0.25, 0.3) is 0 Å². The largest absolute Gasteiger partial charge is 0.508 e. The van der Waals surface area contributed by atoms with E-state index in [9.17, 15) is 40.2 Å². The lowest BCUT2D eigenvalue weighted by Crippen LogP contribution is -2.60. The van der Waals surface area contributed by atoms with E-state index in [0.717, 1.165) is 6.07 Å². The van der Waals surface area contributed by atoms with Crippen LogP contribution in [0, 0.1) is 6.92 Å². The maximum Gasteiger partial charge on any atom is 0.340 e. The van der Waals surface area contributed by atoms with Crippen LogP contribution >= 0.6 is 0 Å². The Morgan fingerprint density at radius 2 is 1.46 bits per heavy atom. The number of aromatic hydroxyl groups is 3. The van der Waals surface area contributed by atoms with E-state index < -0.39 is 54.1 Å². The summed E-state index contributed by atoms with van der Waals surface area (Å²) in [6.07, 6.45) is -8.56. The Morgan fingerprint density at radius 1 is 0.838 bits per heavy atom. The van der Waals surface area contributed by atoms with Gasteiger partial charge in [-0.15, -0.1) is 0 Å². The third-order valence-corrected chi connectivity index (χ3v) is 6.72. The number of hydrogen-bond acceptors (Lipinski definition) is 10. The summed E-state index contributed by atoms with van der Waals surface area (Å²) in [6, 6.07) is 13.0. The quantitative estimate of drug-likeness (QED) is 0.284. The van der Waals surface area contributed by atoms with Crippen molar-refractivity contribution in [1.29, 1.82) is 0 Å². The smallest absolute Gasteiger partial charge is 0.340 e. The minimum atomic E-state index is -1.83. The van der Waals surface area contributed by atoms with E-state index in [1.807, 2.05) is 0 Å². The van der Waals surface area contributed by atoms with Crippen LogP contribution in [0.15, 0.2) is 54.6 Å². The molecule has 10 nitrogen and oxygen atoms in total. The fourth-order valence-electron chi connectivity index (χ4n) is 5.05. The van der Waals surface area contributed by atoms with Gasteiger partial charge in [0.05, 0.1) is 16.7 Å². The topological polar surface area (TPSA) is 174 Å². The molecule has 1 heterocycles. The second kappa shape index (κ2) is 9.16. The molecule has 0 unspecified atom stereocenters. The van der Waals surface area contributed by atoms with Gasteiger partial charge in [0, 0.05) is 12.0 Å². The van der Waals surface area contributed by atoms with Crippen LogP contribution in [0.1, 0.15) is 48.9 Å². The molecule has 0 amide bonds. The Bertz CT molecular complexity index is 1320. The SMILES string of the molecule is Cc1cc(O)c2c(c1)[C@@H]([C@H]1O[C@H](OC(=O)c3ccccc3)[C@@H](O)[C@@H](O)[C@@H]1O)c1cc(O)cc(O)c1C2=O. The van der Waals surface area contributed by atoms with Crippen molar-refractivity contribution in [3.8, 4) is 17.2 Å². The molecule has 1 aliphatic carbocycles. The van der Waals surface area contributed by atoms with E-state index in [4.69, 9.17) is 9.47 Å². The highest BCUT2D eigenvalue weighted by molar-refractivity contribution is 6.16. The number of hydrogen-bond donors (Lipinski definition) is 6. The Kier molecular flexibility index (Phi) is 6.12. The van der Waals surface area contributed by atoms with Crippen molar-refractivity contribution < 1.29 is 49.7 Å².